The Hall–Kier alpha value is -5.96. The van der Waals surface area contributed by atoms with Crippen LogP contribution in [-0.4, -0.2) is 0 Å². The van der Waals surface area contributed by atoms with Crippen LogP contribution in [0.2, 0.25) is 0 Å². The minimum Gasteiger partial charge on any atom is -0.310 e. The molecule has 6 aromatic carbocycles. The van der Waals surface area contributed by atoms with Crippen LogP contribution >= 0.6 is 0 Å². The van der Waals surface area contributed by atoms with Crippen LogP contribution < -0.4 is 9.80 Å². The maximum atomic E-state index is 3.21. The predicted octanol–water partition coefficient (Wildman–Crippen LogP) is 11.3. The van der Waals surface area contributed by atoms with Gasteiger partial charge in [-0.3, -0.25) is 0 Å². The molecule has 0 aliphatic heterocycles. The normalized spacial score (nSPS) is 10.3. The van der Waals surface area contributed by atoms with Gasteiger partial charge in [0.25, 0.3) is 0 Å². The molecule has 0 spiro atoms. The molecule has 6 aromatic rings. The smallest absolute Gasteiger partial charge is 0.0490 e. The van der Waals surface area contributed by atoms with Crippen LogP contribution in [0.3, 0.4) is 0 Å². The maximum Gasteiger partial charge on any atom is 0.0490 e. The molecule has 0 N–H and O–H groups in total. The highest BCUT2D eigenvalue weighted by Crippen LogP contribution is 2.38. The van der Waals surface area contributed by atoms with Gasteiger partial charge in [-0.15, -0.1) is 0 Å². The molecule has 0 heterocycles. The van der Waals surface area contributed by atoms with Crippen LogP contribution in [0.15, 0.2) is 146 Å². The first-order chi connectivity index (χ1) is 22.5. The Morgan fingerprint density at radius 2 is 0.717 bits per heavy atom. The van der Waals surface area contributed by atoms with Crippen molar-refractivity contribution >= 4 is 34.1 Å². The van der Waals surface area contributed by atoms with Gasteiger partial charge in [0.1, 0.15) is 0 Å². The van der Waals surface area contributed by atoms with E-state index in [4.69, 9.17) is 0 Å². The van der Waals surface area contributed by atoms with Crippen molar-refractivity contribution in [3.8, 4) is 23.7 Å². The van der Waals surface area contributed by atoms with Gasteiger partial charge in [0, 0.05) is 45.3 Å². The second kappa shape index (κ2) is 13.8. The van der Waals surface area contributed by atoms with Gasteiger partial charge in [-0.05, 0) is 136 Å². The van der Waals surface area contributed by atoms with Gasteiger partial charge in [0.15, 0.2) is 0 Å². The van der Waals surface area contributed by atoms with Crippen LogP contribution in [0.4, 0.5) is 34.1 Å². The van der Waals surface area contributed by atoms with Gasteiger partial charge in [0.2, 0.25) is 0 Å². The zero-order valence-electron chi connectivity index (χ0n) is 26.8. The molecule has 0 saturated carbocycles. The zero-order chi connectivity index (χ0) is 31.9. The maximum absolute atomic E-state index is 3.21. The Balaban J connectivity index is 1.21. The highest BCUT2D eigenvalue weighted by molar-refractivity contribution is 5.80. The van der Waals surface area contributed by atoms with Crippen LogP contribution in [0.25, 0.3) is 0 Å². The lowest BCUT2D eigenvalue weighted by Gasteiger charge is -2.27. The molecule has 0 aliphatic carbocycles. The lowest BCUT2D eigenvalue weighted by Crippen LogP contribution is -2.11. The molecule has 0 bridgehead atoms. The first kappa shape index (κ1) is 30.1. The molecule has 0 aromatic heterocycles. The van der Waals surface area contributed by atoms with Crippen LogP contribution in [-0.2, 0) is 0 Å². The summed E-state index contributed by atoms with van der Waals surface area (Å²) in [6.07, 6.45) is 0. The Bertz CT molecular complexity index is 1920. The minimum absolute atomic E-state index is 0.925. The molecule has 0 amide bonds. The quantitative estimate of drug-likeness (QED) is 0.178. The number of nitrogens with zero attached hydrogens (tertiary/aromatic N) is 2. The topological polar surface area (TPSA) is 6.48 Å². The fourth-order valence-corrected chi connectivity index (χ4v) is 5.72. The molecule has 6 rings (SSSR count). The summed E-state index contributed by atoms with van der Waals surface area (Å²) in [5, 5.41) is 0. The average Bonchev–Trinajstić information content (AvgIpc) is 3.07. The Morgan fingerprint density at radius 1 is 0.370 bits per heavy atom. The first-order valence-corrected chi connectivity index (χ1v) is 15.5. The van der Waals surface area contributed by atoms with E-state index >= 15 is 0 Å². The highest BCUT2D eigenvalue weighted by Gasteiger charge is 2.15. The summed E-state index contributed by atoms with van der Waals surface area (Å²) >= 11 is 0. The SMILES string of the molecule is Cc1ccc(N(c2ccccc2)c2ccc(C#CC#Cc3ccc(N(c4ccccc4)c4ccc(C)cc4C)cc3)cc2)c(C)c1. The average molecular weight is 593 g/mol. The van der Waals surface area contributed by atoms with Crippen molar-refractivity contribution in [2.75, 3.05) is 9.80 Å². The molecule has 0 saturated heterocycles. The fraction of sp³-hybridized carbons (Fsp3) is 0.0909. The number of para-hydroxylation sites is 2. The third kappa shape index (κ3) is 6.89. The Labute approximate surface area is 273 Å². The lowest BCUT2D eigenvalue weighted by atomic mass is 10.1. The van der Waals surface area contributed by atoms with Crippen molar-refractivity contribution in [1.82, 2.24) is 0 Å². The van der Waals surface area contributed by atoms with Gasteiger partial charge < -0.3 is 9.80 Å². The van der Waals surface area contributed by atoms with Crippen molar-refractivity contribution in [1.29, 1.82) is 0 Å². The summed E-state index contributed by atoms with van der Waals surface area (Å²) in [6.45, 7) is 8.58. The molecule has 2 heteroatoms. The molecule has 0 radical (unpaired) electrons. The van der Waals surface area contributed by atoms with Crippen molar-refractivity contribution in [2.24, 2.45) is 0 Å². The Kier molecular flexibility index (Phi) is 9.01. The van der Waals surface area contributed by atoms with Crippen molar-refractivity contribution in [2.45, 2.75) is 27.7 Å². The molecular formula is C44H36N2. The summed E-state index contributed by atoms with van der Waals surface area (Å²) in [7, 11) is 0. The number of hydrogen-bond donors (Lipinski definition) is 0. The second-order valence-corrected chi connectivity index (χ2v) is 11.5. The first-order valence-electron chi connectivity index (χ1n) is 15.5. The summed E-state index contributed by atoms with van der Waals surface area (Å²) in [5.74, 6) is 12.5. The van der Waals surface area contributed by atoms with E-state index in [9.17, 15) is 0 Å². The van der Waals surface area contributed by atoms with Crippen LogP contribution in [0.1, 0.15) is 33.4 Å². The minimum atomic E-state index is 0.925. The lowest BCUT2D eigenvalue weighted by molar-refractivity contribution is 1.24. The number of aryl methyl sites for hydroxylation is 4. The Morgan fingerprint density at radius 3 is 1.07 bits per heavy atom. The fourth-order valence-electron chi connectivity index (χ4n) is 5.72. The van der Waals surface area contributed by atoms with Gasteiger partial charge in [0.05, 0.1) is 0 Å². The highest BCUT2D eigenvalue weighted by atomic mass is 15.1. The second-order valence-electron chi connectivity index (χ2n) is 11.5. The van der Waals surface area contributed by atoms with E-state index < -0.39 is 0 Å². The van der Waals surface area contributed by atoms with Gasteiger partial charge in [-0.2, -0.15) is 0 Å². The zero-order valence-corrected chi connectivity index (χ0v) is 26.8. The third-order valence-corrected chi connectivity index (χ3v) is 7.94. The van der Waals surface area contributed by atoms with E-state index in [1.807, 2.05) is 12.1 Å². The van der Waals surface area contributed by atoms with E-state index in [0.717, 1.165) is 45.3 Å². The largest absolute Gasteiger partial charge is 0.310 e. The van der Waals surface area contributed by atoms with Crippen molar-refractivity contribution < 1.29 is 0 Å². The number of benzene rings is 6. The van der Waals surface area contributed by atoms with Crippen molar-refractivity contribution in [3.63, 3.8) is 0 Å². The van der Waals surface area contributed by atoms with Gasteiger partial charge in [-0.1, -0.05) is 83.6 Å². The summed E-state index contributed by atoms with van der Waals surface area (Å²) in [6, 6.07) is 50.8. The standard InChI is InChI=1S/C44H36N2/c1-33-19-29-43(35(3)31-33)45(39-15-7-5-8-16-39)41-25-21-37(22-26-41)13-11-12-14-38-23-27-42(28-24-38)46(40-17-9-6-10-18-40)44-30-20-34(2)32-36(44)4/h5-10,15-32H,1-4H3. The summed E-state index contributed by atoms with van der Waals surface area (Å²) in [4.78, 5) is 4.57. The van der Waals surface area contributed by atoms with E-state index in [-0.39, 0.29) is 0 Å². The van der Waals surface area contributed by atoms with E-state index in [1.165, 1.54) is 22.3 Å². The number of anilines is 6. The van der Waals surface area contributed by atoms with E-state index in [0.29, 0.717) is 0 Å². The molecule has 222 valence electrons. The molecule has 0 fully saturated rings. The number of rotatable bonds is 6. The molecular weight excluding hydrogens is 556 g/mol. The number of hydrogen-bond acceptors (Lipinski definition) is 2. The van der Waals surface area contributed by atoms with Crippen LogP contribution in [0, 0.1) is 51.4 Å². The molecule has 0 aliphatic rings. The summed E-state index contributed by atoms with van der Waals surface area (Å²) in [5.41, 5.74) is 13.5. The third-order valence-electron chi connectivity index (χ3n) is 7.94. The molecule has 2 nitrogen and oxygen atoms in total. The van der Waals surface area contributed by atoms with Crippen LogP contribution in [0.5, 0.6) is 0 Å². The van der Waals surface area contributed by atoms with E-state index in [1.54, 1.807) is 0 Å². The van der Waals surface area contributed by atoms with E-state index in [2.05, 4.69) is 195 Å². The predicted molar refractivity (Wildman–Crippen MR) is 195 cm³/mol. The van der Waals surface area contributed by atoms with Crippen molar-refractivity contribution in [3.05, 3.63) is 179 Å². The van der Waals surface area contributed by atoms with Gasteiger partial charge >= 0.3 is 0 Å². The van der Waals surface area contributed by atoms with Gasteiger partial charge in [-0.25, -0.2) is 0 Å². The monoisotopic (exact) mass is 592 g/mol. The molecule has 0 atom stereocenters. The summed E-state index contributed by atoms with van der Waals surface area (Å²) < 4.78 is 0. The molecule has 0 unspecified atom stereocenters. The molecule has 46 heavy (non-hydrogen) atoms.